The van der Waals surface area contributed by atoms with Crippen molar-refractivity contribution in [1.29, 1.82) is 10.5 Å². The van der Waals surface area contributed by atoms with Gasteiger partial charge in [0.05, 0.1) is 56.5 Å². The number of hydrogen-bond donors (Lipinski definition) is 0. The van der Waals surface area contributed by atoms with E-state index in [0.717, 1.165) is 61.9 Å². The predicted octanol–water partition coefficient (Wildman–Crippen LogP) is 15.3. The summed E-state index contributed by atoms with van der Waals surface area (Å²) in [5, 5.41) is 24.6. The first kappa shape index (κ1) is 40.0. The Morgan fingerprint density at radius 2 is 0.906 bits per heavy atom. The van der Waals surface area contributed by atoms with E-state index in [1.807, 2.05) is 100 Å². The summed E-state index contributed by atoms with van der Waals surface area (Å²) in [6.07, 6.45) is -9.05. The van der Waals surface area contributed by atoms with Gasteiger partial charge in [-0.3, -0.25) is 0 Å². The van der Waals surface area contributed by atoms with Crippen LogP contribution in [-0.4, -0.2) is 9.13 Å². The molecule has 0 amide bonds. The smallest absolute Gasteiger partial charge is 0.309 e. The van der Waals surface area contributed by atoms with Gasteiger partial charge in [-0.05, 0) is 121 Å². The fourth-order valence-electron chi connectivity index (χ4n) is 9.12. The first-order valence-corrected chi connectivity index (χ1v) is 20.3. The highest BCUT2D eigenvalue weighted by Gasteiger charge is 2.34. The summed E-state index contributed by atoms with van der Waals surface area (Å²) in [4.78, 5) is 0. The molecular formula is C54H32F6N4. The van der Waals surface area contributed by atoms with Crippen LogP contribution in [0.25, 0.3) is 88.4 Å². The summed E-state index contributed by atoms with van der Waals surface area (Å²) in [6.45, 7) is 3.28. The molecule has 0 spiro atoms. The Kier molecular flexibility index (Phi) is 9.25. The summed E-state index contributed by atoms with van der Waals surface area (Å²) < 4.78 is 88.0. The molecule has 10 aromatic rings. The van der Waals surface area contributed by atoms with Crippen molar-refractivity contribution in [3.63, 3.8) is 0 Å². The van der Waals surface area contributed by atoms with Crippen molar-refractivity contribution in [2.24, 2.45) is 0 Å². The lowest BCUT2D eigenvalue weighted by molar-refractivity contribution is -0.138. The molecule has 0 aliphatic rings. The van der Waals surface area contributed by atoms with Crippen LogP contribution in [0.1, 0.15) is 33.4 Å². The van der Waals surface area contributed by atoms with Crippen LogP contribution < -0.4 is 0 Å². The molecule has 0 N–H and O–H groups in total. The first-order valence-electron chi connectivity index (χ1n) is 20.3. The monoisotopic (exact) mass is 850 g/mol. The zero-order valence-electron chi connectivity index (χ0n) is 34.1. The van der Waals surface area contributed by atoms with Crippen LogP contribution in [0.5, 0.6) is 0 Å². The van der Waals surface area contributed by atoms with Crippen LogP contribution in [0.3, 0.4) is 0 Å². The Balaban J connectivity index is 1.17. The summed E-state index contributed by atoms with van der Waals surface area (Å²) in [5.41, 5.74) is 7.29. The molecule has 0 bridgehead atoms. The van der Waals surface area contributed by atoms with Gasteiger partial charge in [-0.15, -0.1) is 0 Å². The summed E-state index contributed by atoms with van der Waals surface area (Å²) in [5.74, 6) is 0. The molecule has 4 nitrogen and oxygen atoms in total. The van der Waals surface area contributed by atoms with Gasteiger partial charge in [-0.2, -0.15) is 36.9 Å². The Hall–Kier alpha value is -8.08. The van der Waals surface area contributed by atoms with Crippen molar-refractivity contribution in [1.82, 2.24) is 9.13 Å². The van der Waals surface area contributed by atoms with E-state index in [1.54, 1.807) is 50.2 Å². The zero-order chi connectivity index (χ0) is 44.7. The fourth-order valence-corrected chi connectivity index (χ4v) is 9.12. The number of benzene rings is 8. The summed E-state index contributed by atoms with van der Waals surface area (Å²) >= 11 is 0. The Morgan fingerprint density at radius 3 is 1.39 bits per heavy atom. The van der Waals surface area contributed by atoms with E-state index in [9.17, 15) is 36.9 Å². The van der Waals surface area contributed by atoms with Crippen LogP contribution in [0, 0.1) is 36.5 Å². The average Bonchev–Trinajstić information content (AvgIpc) is 3.80. The summed E-state index contributed by atoms with van der Waals surface area (Å²) in [7, 11) is 0. The molecule has 8 aromatic carbocycles. The van der Waals surface area contributed by atoms with Crippen LogP contribution in [-0.2, 0) is 12.4 Å². The highest BCUT2D eigenvalue weighted by Crippen LogP contribution is 2.43. The zero-order valence-corrected chi connectivity index (χ0v) is 34.1. The molecule has 64 heavy (non-hydrogen) atoms. The van der Waals surface area contributed by atoms with Gasteiger partial charge in [-0.25, -0.2) is 0 Å². The van der Waals surface area contributed by atoms with E-state index < -0.39 is 23.5 Å². The second-order valence-corrected chi connectivity index (χ2v) is 15.9. The number of nitrogens with zero attached hydrogens (tertiary/aromatic N) is 4. The quantitative estimate of drug-likeness (QED) is 0.162. The van der Waals surface area contributed by atoms with E-state index in [-0.39, 0.29) is 5.56 Å². The topological polar surface area (TPSA) is 57.4 Å². The van der Waals surface area contributed by atoms with Gasteiger partial charge in [-0.1, -0.05) is 84.4 Å². The third kappa shape index (κ3) is 6.54. The number of fused-ring (bicyclic) bond motifs is 6. The summed E-state index contributed by atoms with van der Waals surface area (Å²) in [6, 6.07) is 50.0. The molecule has 0 saturated heterocycles. The van der Waals surface area contributed by atoms with Gasteiger partial charge < -0.3 is 9.13 Å². The van der Waals surface area contributed by atoms with Gasteiger partial charge in [0.2, 0.25) is 0 Å². The number of aromatic nitrogens is 2. The van der Waals surface area contributed by atoms with Gasteiger partial charge in [0, 0.05) is 44.0 Å². The molecule has 0 aliphatic carbocycles. The third-order valence-electron chi connectivity index (χ3n) is 12.1. The lowest BCUT2D eigenvalue weighted by atomic mass is 9.94. The maximum Gasteiger partial charge on any atom is 0.417 e. The van der Waals surface area contributed by atoms with Crippen molar-refractivity contribution in [2.45, 2.75) is 26.2 Å². The lowest BCUT2D eigenvalue weighted by Gasteiger charge is -2.16. The average molecular weight is 851 g/mol. The van der Waals surface area contributed by atoms with Crippen molar-refractivity contribution >= 4 is 43.6 Å². The molecule has 0 saturated carbocycles. The predicted molar refractivity (Wildman–Crippen MR) is 240 cm³/mol. The molecule has 0 fully saturated rings. The maximum absolute atomic E-state index is 14.4. The van der Waals surface area contributed by atoms with E-state index >= 15 is 0 Å². The van der Waals surface area contributed by atoms with Crippen LogP contribution in [0.4, 0.5) is 26.3 Å². The molecule has 0 aliphatic heterocycles. The molecule has 2 aromatic heterocycles. The number of aryl methyl sites for hydroxylation is 2. The van der Waals surface area contributed by atoms with Crippen molar-refractivity contribution in [3.05, 3.63) is 191 Å². The number of nitriles is 2. The maximum atomic E-state index is 14.4. The minimum Gasteiger partial charge on any atom is -0.309 e. The van der Waals surface area contributed by atoms with Crippen molar-refractivity contribution in [3.8, 4) is 56.9 Å². The largest absolute Gasteiger partial charge is 0.417 e. The molecule has 310 valence electrons. The molecule has 0 atom stereocenters. The van der Waals surface area contributed by atoms with E-state index in [0.29, 0.717) is 61.4 Å². The molecule has 10 heteroatoms. The van der Waals surface area contributed by atoms with Crippen molar-refractivity contribution < 1.29 is 26.3 Å². The SMILES string of the molecule is Cc1ccc(-c2ccc3c4ccccc4n(-c4ccc(C#N)c(-c5cc(-n6c7ccccc7c7ccc(-c8ccc(C(F)(F)F)cc8C)cc76)ccc5C#N)c4)c3c2)c(C(F)(F)F)c1. The number of halogens is 6. The van der Waals surface area contributed by atoms with Crippen LogP contribution in [0.2, 0.25) is 0 Å². The van der Waals surface area contributed by atoms with Crippen LogP contribution in [0.15, 0.2) is 158 Å². The van der Waals surface area contributed by atoms with E-state index in [1.165, 1.54) is 12.1 Å². The standard InChI is InChI=1S/C54H32F6N4/c1-31-11-19-41(48(23-31)54(58,59)60)34-15-21-45-43-8-4-6-10-50(43)64(52(45)26-34)39-18-13-36(30-62)47(28-39)46-27-38(17-12-35(46)29-61)63-49-9-5-3-7-42(49)44-20-14-33(25-51(44)63)40-22-16-37(24-32(40)2)53(55,56)57/h3-28H,1-2H3. The van der Waals surface area contributed by atoms with Gasteiger partial charge in [0.1, 0.15) is 0 Å². The second-order valence-electron chi connectivity index (χ2n) is 15.9. The van der Waals surface area contributed by atoms with Gasteiger partial charge in [0.15, 0.2) is 0 Å². The molecular weight excluding hydrogens is 819 g/mol. The highest BCUT2D eigenvalue weighted by molar-refractivity contribution is 6.11. The van der Waals surface area contributed by atoms with Crippen LogP contribution >= 0.6 is 0 Å². The first-order chi connectivity index (χ1) is 30.7. The Morgan fingerprint density at radius 1 is 0.422 bits per heavy atom. The minimum absolute atomic E-state index is 0.0551. The highest BCUT2D eigenvalue weighted by atomic mass is 19.4. The fraction of sp³-hybridized carbons (Fsp3) is 0.0741. The van der Waals surface area contributed by atoms with E-state index in [4.69, 9.17) is 0 Å². The Labute approximate surface area is 362 Å². The van der Waals surface area contributed by atoms with Gasteiger partial charge >= 0.3 is 12.4 Å². The normalized spacial score (nSPS) is 12.0. The number of hydrogen-bond acceptors (Lipinski definition) is 2. The molecule has 0 radical (unpaired) electrons. The Bertz CT molecular complexity index is 3650. The number of alkyl halides is 6. The molecule has 0 unspecified atom stereocenters. The van der Waals surface area contributed by atoms with Crippen molar-refractivity contribution in [2.75, 3.05) is 0 Å². The minimum atomic E-state index is -4.58. The molecule has 10 rings (SSSR count). The van der Waals surface area contributed by atoms with E-state index in [2.05, 4.69) is 12.1 Å². The number of rotatable bonds is 5. The third-order valence-corrected chi connectivity index (χ3v) is 12.1. The second kappa shape index (κ2) is 14.8. The lowest BCUT2D eigenvalue weighted by Crippen LogP contribution is -2.07. The molecule has 2 heterocycles. The number of para-hydroxylation sites is 2. The van der Waals surface area contributed by atoms with Gasteiger partial charge in [0.25, 0.3) is 0 Å².